The van der Waals surface area contributed by atoms with Crippen LogP contribution in [0.5, 0.6) is 0 Å². The molecule has 1 fully saturated rings. The quantitative estimate of drug-likeness (QED) is 0.820. The Bertz CT molecular complexity index is 422. The second kappa shape index (κ2) is 5.35. The highest BCUT2D eigenvalue weighted by molar-refractivity contribution is 5.76. The van der Waals surface area contributed by atoms with Crippen LogP contribution in [-0.2, 0) is 9.53 Å². The van der Waals surface area contributed by atoms with E-state index >= 15 is 0 Å². The van der Waals surface area contributed by atoms with E-state index in [1.807, 2.05) is 0 Å². The lowest BCUT2D eigenvalue weighted by atomic mass is 10.0. The second-order valence-electron chi connectivity index (χ2n) is 4.52. The Balaban J connectivity index is 2.00. The average Bonchev–Trinajstić information content (AvgIpc) is 2.87. The SMILES string of the molecule is COC(=O)C(N)C1CCN(c2ccc(F)cc2)C1. The summed E-state index contributed by atoms with van der Waals surface area (Å²) in [5.41, 5.74) is 6.79. The molecule has 5 heteroatoms. The Morgan fingerprint density at radius 1 is 1.50 bits per heavy atom. The molecule has 18 heavy (non-hydrogen) atoms. The van der Waals surface area contributed by atoms with Gasteiger partial charge in [-0.25, -0.2) is 4.39 Å². The van der Waals surface area contributed by atoms with E-state index in [1.165, 1.54) is 19.2 Å². The lowest BCUT2D eigenvalue weighted by Gasteiger charge is -2.20. The maximum Gasteiger partial charge on any atom is 0.322 e. The van der Waals surface area contributed by atoms with E-state index in [0.717, 1.165) is 18.7 Å². The number of carbonyl (C=O) groups is 1. The smallest absolute Gasteiger partial charge is 0.322 e. The van der Waals surface area contributed by atoms with Crippen LogP contribution in [0.3, 0.4) is 0 Å². The summed E-state index contributed by atoms with van der Waals surface area (Å²) in [4.78, 5) is 13.5. The number of nitrogens with zero attached hydrogens (tertiary/aromatic N) is 1. The molecule has 2 atom stereocenters. The summed E-state index contributed by atoms with van der Waals surface area (Å²) in [5, 5.41) is 0. The summed E-state index contributed by atoms with van der Waals surface area (Å²) in [6.45, 7) is 1.52. The first kappa shape index (κ1) is 12.8. The molecule has 4 nitrogen and oxygen atoms in total. The van der Waals surface area contributed by atoms with Gasteiger partial charge in [0.2, 0.25) is 0 Å². The van der Waals surface area contributed by atoms with Gasteiger partial charge >= 0.3 is 5.97 Å². The van der Waals surface area contributed by atoms with Gasteiger partial charge in [0.05, 0.1) is 7.11 Å². The third-order valence-corrected chi connectivity index (χ3v) is 3.40. The number of benzene rings is 1. The Kier molecular flexibility index (Phi) is 3.81. The van der Waals surface area contributed by atoms with Crippen molar-refractivity contribution < 1.29 is 13.9 Å². The van der Waals surface area contributed by atoms with Gasteiger partial charge in [-0.3, -0.25) is 4.79 Å². The standard InChI is InChI=1S/C13H17FN2O2/c1-18-13(17)12(15)9-6-7-16(8-9)11-4-2-10(14)3-5-11/h2-5,9,12H,6-8,15H2,1H3. The van der Waals surface area contributed by atoms with Gasteiger partial charge in [0, 0.05) is 24.7 Å². The zero-order chi connectivity index (χ0) is 13.1. The molecule has 2 N–H and O–H groups in total. The largest absolute Gasteiger partial charge is 0.468 e. The van der Waals surface area contributed by atoms with Crippen LogP contribution < -0.4 is 10.6 Å². The molecule has 1 aliphatic heterocycles. The van der Waals surface area contributed by atoms with Gasteiger partial charge in [0.15, 0.2) is 0 Å². The van der Waals surface area contributed by atoms with Crippen LogP contribution in [0.15, 0.2) is 24.3 Å². The second-order valence-corrected chi connectivity index (χ2v) is 4.52. The van der Waals surface area contributed by atoms with Crippen molar-refractivity contribution in [3.05, 3.63) is 30.1 Å². The fourth-order valence-electron chi connectivity index (χ4n) is 2.30. The number of esters is 1. The zero-order valence-electron chi connectivity index (χ0n) is 10.3. The Hall–Kier alpha value is -1.62. The lowest BCUT2D eigenvalue weighted by Crippen LogP contribution is -2.40. The van der Waals surface area contributed by atoms with Crippen LogP contribution in [0.25, 0.3) is 0 Å². The van der Waals surface area contributed by atoms with Gasteiger partial charge < -0.3 is 15.4 Å². The van der Waals surface area contributed by atoms with Gasteiger partial charge in [-0.05, 0) is 30.7 Å². The number of hydrogen-bond donors (Lipinski definition) is 1. The van der Waals surface area contributed by atoms with Gasteiger partial charge in [-0.1, -0.05) is 0 Å². The highest BCUT2D eigenvalue weighted by Gasteiger charge is 2.32. The Labute approximate surface area is 106 Å². The summed E-state index contributed by atoms with van der Waals surface area (Å²) in [6.07, 6.45) is 0.841. The highest BCUT2D eigenvalue weighted by atomic mass is 19.1. The molecule has 98 valence electrons. The maximum atomic E-state index is 12.8. The number of carbonyl (C=O) groups excluding carboxylic acids is 1. The molecule has 1 aromatic rings. The summed E-state index contributed by atoms with van der Waals surface area (Å²) >= 11 is 0. The first-order chi connectivity index (χ1) is 8.61. The van der Waals surface area contributed by atoms with Crippen LogP contribution in [0.2, 0.25) is 0 Å². The first-order valence-corrected chi connectivity index (χ1v) is 5.95. The van der Waals surface area contributed by atoms with Crippen molar-refractivity contribution in [2.24, 2.45) is 11.7 Å². The average molecular weight is 252 g/mol. The number of hydrogen-bond acceptors (Lipinski definition) is 4. The lowest BCUT2D eigenvalue weighted by molar-refractivity contribution is -0.143. The van der Waals surface area contributed by atoms with Crippen LogP contribution in [0.1, 0.15) is 6.42 Å². The maximum absolute atomic E-state index is 12.8. The molecule has 1 aromatic carbocycles. The summed E-state index contributed by atoms with van der Waals surface area (Å²) < 4.78 is 17.5. The van der Waals surface area contributed by atoms with E-state index in [-0.39, 0.29) is 17.7 Å². The number of rotatable bonds is 3. The minimum Gasteiger partial charge on any atom is -0.468 e. The van der Waals surface area contributed by atoms with E-state index < -0.39 is 6.04 Å². The van der Waals surface area contributed by atoms with Crippen molar-refractivity contribution in [3.63, 3.8) is 0 Å². The van der Waals surface area contributed by atoms with Gasteiger partial charge in [0.25, 0.3) is 0 Å². The first-order valence-electron chi connectivity index (χ1n) is 5.95. The topological polar surface area (TPSA) is 55.6 Å². The Morgan fingerprint density at radius 2 is 2.17 bits per heavy atom. The Morgan fingerprint density at radius 3 is 2.78 bits per heavy atom. The molecule has 0 bridgehead atoms. The molecule has 2 rings (SSSR count). The fraction of sp³-hybridized carbons (Fsp3) is 0.462. The molecule has 0 radical (unpaired) electrons. The molecule has 1 heterocycles. The van der Waals surface area contributed by atoms with Crippen LogP contribution in [0, 0.1) is 11.7 Å². The van der Waals surface area contributed by atoms with Gasteiger partial charge in [0.1, 0.15) is 11.9 Å². The predicted octanol–water partition coefficient (Wildman–Crippen LogP) is 1.15. The van der Waals surface area contributed by atoms with Gasteiger partial charge in [-0.15, -0.1) is 0 Å². The van der Waals surface area contributed by atoms with E-state index in [4.69, 9.17) is 5.73 Å². The fourth-order valence-corrected chi connectivity index (χ4v) is 2.30. The molecule has 0 aliphatic carbocycles. The molecular weight excluding hydrogens is 235 g/mol. The third-order valence-electron chi connectivity index (χ3n) is 3.40. The number of ether oxygens (including phenoxy) is 1. The van der Waals surface area contributed by atoms with Crippen molar-refractivity contribution in [3.8, 4) is 0 Å². The molecule has 2 unspecified atom stereocenters. The predicted molar refractivity (Wildman–Crippen MR) is 66.7 cm³/mol. The van der Waals surface area contributed by atoms with E-state index in [0.29, 0.717) is 6.54 Å². The zero-order valence-corrected chi connectivity index (χ0v) is 10.3. The molecule has 0 aromatic heterocycles. The molecule has 0 amide bonds. The number of nitrogens with two attached hydrogens (primary N) is 1. The van der Waals surface area contributed by atoms with Crippen molar-refractivity contribution in [2.75, 3.05) is 25.1 Å². The molecular formula is C13H17FN2O2. The number of methoxy groups -OCH3 is 1. The molecule has 0 saturated carbocycles. The summed E-state index contributed by atoms with van der Waals surface area (Å²) in [6, 6.07) is 5.76. The number of halogens is 1. The molecule has 0 spiro atoms. The monoisotopic (exact) mass is 252 g/mol. The molecule has 1 saturated heterocycles. The summed E-state index contributed by atoms with van der Waals surface area (Å²) in [7, 11) is 1.34. The van der Waals surface area contributed by atoms with Crippen molar-refractivity contribution in [2.45, 2.75) is 12.5 Å². The van der Waals surface area contributed by atoms with E-state index in [2.05, 4.69) is 9.64 Å². The van der Waals surface area contributed by atoms with Crippen molar-refractivity contribution in [1.82, 2.24) is 0 Å². The minimum absolute atomic E-state index is 0.0857. The van der Waals surface area contributed by atoms with Crippen molar-refractivity contribution in [1.29, 1.82) is 0 Å². The van der Waals surface area contributed by atoms with Crippen LogP contribution in [0.4, 0.5) is 10.1 Å². The van der Waals surface area contributed by atoms with E-state index in [1.54, 1.807) is 12.1 Å². The van der Waals surface area contributed by atoms with Gasteiger partial charge in [-0.2, -0.15) is 0 Å². The summed E-state index contributed by atoms with van der Waals surface area (Å²) in [5.74, 6) is -0.538. The van der Waals surface area contributed by atoms with Crippen LogP contribution >= 0.6 is 0 Å². The van der Waals surface area contributed by atoms with Crippen LogP contribution in [-0.4, -0.2) is 32.2 Å². The minimum atomic E-state index is -0.583. The molecule has 1 aliphatic rings. The highest BCUT2D eigenvalue weighted by Crippen LogP contribution is 2.25. The van der Waals surface area contributed by atoms with Crippen molar-refractivity contribution >= 4 is 11.7 Å². The number of anilines is 1. The van der Waals surface area contributed by atoms with E-state index in [9.17, 15) is 9.18 Å². The normalized spacial score (nSPS) is 20.8. The third kappa shape index (κ3) is 2.61.